The standard InChI is InChI=1S/C20H18Cl2FN5O2S/c1-11(24-19(30)13-8-7-12(21)9-14(13)22)18-26-27-20(28(18)2)31-10-17(29)25-16-6-4-3-5-15(16)23/h3-9,11H,10H2,1-2H3,(H,24,30)(H,25,29)/t11-/m1/s1. The number of para-hydroxylation sites is 1. The van der Waals surface area contributed by atoms with E-state index >= 15 is 0 Å². The van der Waals surface area contributed by atoms with Gasteiger partial charge in [0.1, 0.15) is 5.82 Å². The Kier molecular flexibility index (Phi) is 7.53. The van der Waals surface area contributed by atoms with Crippen molar-refractivity contribution in [2.75, 3.05) is 11.1 Å². The molecule has 0 aliphatic heterocycles. The zero-order valence-corrected chi connectivity index (χ0v) is 18.9. The van der Waals surface area contributed by atoms with Gasteiger partial charge in [-0.1, -0.05) is 47.1 Å². The molecule has 0 saturated heterocycles. The van der Waals surface area contributed by atoms with Gasteiger partial charge in [0.2, 0.25) is 5.91 Å². The van der Waals surface area contributed by atoms with Crippen molar-refractivity contribution in [2.24, 2.45) is 7.05 Å². The highest BCUT2D eigenvalue weighted by molar-refractivity contribution is 7.99. The van der Waals surface area contributed by atoms with Gasteiger partial charge in [0.15, 0.2) is 11.0 Å². The largest absolute Gasteiger partial charge is 0.342 e. The number of hydrogen-bond acceptors (Lipinski definition) is 5. The minimum absolute atomic E-state index is 0.0153. The summed E-state index contributed by atoms with van der Waals surface area (Å²) in [5, 5.41) is 14.7. The van der Waals surface area contributed by atoms with E-state index in [1.54, 1.807) is 42.8 Å². The number of benzene rings is 2. The number of carbonyl (C=O) groups is 2. The fourth-order valence-corrected chi connectivity index (χ4v) is 3.93. The molecule has 0 bridgehead atoms. The molecule has 1 aromatic heterocycles. The molecule has 11 heteroatoms. The Labute approximate surface area is 192 Å². The Hall–Kier alpha value is -2.62. The lowest BCUT2D eigenvalue weighted by atomic mass is 10.2. The van der Waals surface area contributed by atoms with Crippen LogP contribution < -0.4 is 10.6 Å². The van der Waals surface area contributed by atoms with Crippen molar-refractivity contribution >= 4 is 52.5 Å². The number of aromatic nitrogens is 3. The zero-order valence-electron chi connectivity index (χ0n) is 16.5. The molecule has 2 aromatic carbocycles. The van der Waals surface area contributed by atoms with Gasteiger partial charge in [0.05, 0.1) is 28.1 Å². The Morgan fingerprint density at radius 3 is 2.65 bits per heavy atom. The predicted molar refractivity (Wildman–Crippen MR) is 119 cm³/mol. The summed E-state index contributed by atoms with van der Waals surface area (Å²) in [6.45, 7) is 1.76. The number of nitrogens with zero attached hydrogens (tertiary/aromatic N) is 3. The normalized spacial score (nSPS) is 11.8. The first kappa shape index (κ1) is 23.1. The topological polar surface area (TPSA) is 88.9 Å². The van der Waals surface area contributed by atoms with Crippen molar-refractivity contribution in [1.29, 1.82) is 0 Å². The summed E-state index contributed by atoms with van der Waals surface area (Å²) in [7, 11) is 1.73. The van der Waals surface area contributed by atoms with E-state index in [1.807, 2.05) is 0 Å². The lowest BCUT2D eigenvalue weighted by molar-refractivity contribution is -0.113. The van der Waals surface area contributed by atoms with Crippen LogP contribution in [0, 0.1) is 5.82 Å². The molecule has 0 radical (unpaired) electrons. The Balaban J connectivity index is 1.60. The number of nitrogens with one attached hydrogen (secondary N) is 2. The van der Waals surface area contributed by atoms with Gasteiger partial charge in [-0.3, -0.25) is 9.59 Å². The molecule has 2 N–H and O–H groups in total. The number of hydrogen-bond donors (Lipinski definition) is 2. The summed E-state index contributed by atoms with van der Waals surface area (Å²) in [6.07, 6.45) is 0. The highest BCUT2D eigenvalue weighted by Crippen LogP contribution is 2.23. The molecule has 1 atom stereocenters. The van der Waals surface area contributed by atoms with Gasteiger partial charge in [-0.15, -0.1) is 10.2 Å². The molecule has 2 amide bonds. The Morgan fingerprint density at radius 1 is 1.19 bits per heavy atom. The second kappa shape index (κ2) is 10.1. The van der Waals surface area contributed by atoms with E-state index in [-0.39, 0.29) is 28.3 Å². The van der Waals surface area contributed by atoms with E-state index in [1.165, 1.54) is 18.2 Å². The van der Waals surface area contributed by atoms with Crippen LogP contribution in [0.4, 0.5) is 10.1 Å². The van der Waals surface area contributed by atoms with Gasteiger partial charge in [-0.25, -0.2) is 4.39 Å². The first-order valence-corrected chi connectivity index (χ1v) is 10.8. The summed E-state index contributed by atoms with van der Waals surface area (Å²) < 4.78 is 15.3. The highest BCUT2D eigenvalue weighted by atomic mass is 35.5. The quantitative estimate of drug-likeness (QED) is 0.485. The molecule has 0 spiro atoms. The van der Waals surface area contributed by atoms with Crippen LogP contribution >= 0.6 is 35.0 Å². The minimum Gasteiger partial charge on any atom is -0.342 e. The van der Waals surface area contributed by atoms with E-state index < -0.39 is 11.9 Å². The van der Waals surface area contributed by atoms with E-state index in [2.05, 4.69) is 20.8 Å². The van der Waals surface area contributed by atoms with Crippen LogP contribution in [0.2, 0.25) is 10.0 Å². The van der Waals surface area contributed by atoms with Gasteiger partial charge in [0.25, 0.3) is 5.91 Å². The van der Waals surface area contributed by atoms with Crippen molar-refractivity contribution < 1.29 is 14.0 Å². The van der Waals surface area contributed by atoms with Crippen LogP contribution in [-0.4, -0.2) is 32.3 Å². The van der Waals surface area contributed by atoms with Crippen molar-refractivity contribution in [1.82, 2.24) is 20.1 Å². The molecule has 0 aliphatic rings. The van der Waals surface area contributed by atoms with E-state index in [9.17, 15) is 14.0 Å². The SMILES string of the molecule is C[C@@H](NC(=O)c1ccc(Cl)cc1Cl)c1nnc(SCC(=O)Nc2ccccc2F)n1C. The van der Waals surface area contributed by atoms with E-state index in [0.717, 1.165) is 11.8 Å². The van der Waals surface area contributed by atoms with Gasteiger partial charge in [-0.2, -0.15) is 0 Å². The molecule has 162 valence electrons. The molecule has 7 nitrogen and oxygen atoms in total. The maximum absolute atomic E-state index is 13.6. The third-order valence-corrected chi connectivity index (χ3v) is 5.83. The van der Waals surface area contributed by atoms with Crippen molar-refractivity contribution in [3.8, 4) is 0 Å². The first-order chi connectivity index (χ1) is 14.8. The summed E-state index contributed by atoms with van der Waals surface area (Å²) >= 11 is 13.1. The summed E-state index contributed by atoms with van der Waals surface area (Å²) in [5.41, 5.74) is 0.406. The average Bonchev–Trinajstić information content (AvgIpc) is 3.08. The van der Waals surface area contributed by atoms with Crippen LogP contribution in [0.25, 0.3) is 0 Å². The molecule has 3 aromatic rings. The third kappa shape index (κ3) is 5.75. The number of rotatable bonds is 7. The molecule has 0 aliphatic carbocycles. The number of thioether (sulfide) groups is 1. The van der Waals surface area contributed by atoms with Crippen LogP contribution in [0.1, 0.15) is 29.1 Å². The van der Waals surface area contributed by atoms with Crippen molar-refractivity contribution in [2.45, 2.75) is 18.1 Å². The maximum Gasteiger partial charge on any atom is 0.253 e. The average molecular weight is 482 g/mol. The summed E-state index contributed by atoms with van der Waals surface area (Å²) in [4.78, 5) is 24.6. The second-order valence-corrected chi connectivity index (χ2v) is 8.32. The van der Waals surface area contributed by atoms with Crippen LogP contribution in [0.15, 0.2) is 47.6 Å². The minimum atomic E-state index is -0.507. The molecule has 3 rings (SSSR count). The monoisotopic (exact) mass is 481 g/mol. The molecule has 0 fully saturated rings. The lowest BCUT2D eigenvalue weighted by Gasteiger charge is -2.14. The van der Waals surface area contributed by atoms with Crippen molar-refractivity contribution in [3.63, 3.8) is 0 Å². The first-order valence-electron chi connectivity index (χ1n) is 9.08. The summed E-state index contributed by atoms with van der Waals surface area (Å²) in [5.74, 6) is -0.752. The van der Waals surface area contributed by atoms with Gasteiger partial charge in [-0.05, 0) is 37.3 Å². The van der Waals surface area contributed by atoms with Gasteiger partial charge < -0.3 is 15.2 Å². The maximum atomic E-state index is 13.6. The third-order valence-electron chi connectivity index (χ3n) is 4.26. The van der Waals surface area contributed by atoms with Gasteiger partial charge in [0, 0.05) is 12.1 Å². The number of anilines is 1. The predicted octanol–water partition coefficient (Wildman–Crippen LogP) is 4.48. The van der Waals surface area contributed by atoms with E-state index in [4.69, 9.17) is 23.2 Å². The fourth-order valence-electron chi connectivity index (χ4n) is 2.72. The van der Waals surface area contributed by atoms with Crippen LogP contribution in [0.5, 0.6) is 0 Å². The number of amides is 2. The van der Waals surface area contributed by atoms with Gasteiger partial charge >= 0.3 is 0 Å². The molecular weight excluding hydrogens is 464 g/mol. The molecule has 0 unspecified atom stereocenters. The number of halogens is 3. The Bertz CT molecular complexity index is 1120. The summed E-state index contributed by atoms with van der Waals surface area (Å²) in [6, 6.07) is 10.1. The molecule has 0 saturated carbocycles. The zero-order chi connectivity index (χ0) is 22.5. The highest BCUT2D eigenvalue weighted by Gasteiger charge is 2.20. The second-order valence-electron chi connectivity index (χ2n) is 6.54. The van der Waals surface area contributed by atoms with Crippen molar-refractivity contribution in [3.05, 3.63) is 69.7 Å². The van der Waals surface area contributed by atoms with Crippen LogP contribution in [0.3, 0.4) is 0 Å². The lowest BCUT2D eigenvalue weighted by Crippen LogP contribution is -2.28. The number of carbonyl (C=O) groups excluding carboxylic acids is 2. The Morgan fingerprint density at radius 2 is 1.94 bits per heavy atom. The van der Waals surface area contributed by atoms with E-state index in [0.29, 0.717) is 21.6 Å². The smallest absolute Gasteiger partial charge is 0.253 e. The molecule has 1 heterocycles. The molecular formula is C20H18Cl2FN5O2S. The van der Waals surface area contributed by atoms with Crippen LogP contribution in [-0.2, 0) is 11.8 Å². The fraction of sp³-hybridized carbons (Fsp3) is 0.200. The molecule has 31 heavy (non-hydrogen) atoms.